The summed E-state index contributed by atoms with van der Waals surface area (Å²) in [6.45, 7) is -1.22. The molecule has 0 bridgehead atoms. The van der Waals surface area contributed by atoms with E-state index in [1.807, 2.05) is 0 Å². The molecule has 0 fully saturated rings. The third kappa shape index (κ3) is 3.01. The van der Waals surface area contributed by atoms with Crippen molar-refractivity contribution >= 4 is 5.69 Å². The van der Waals surface area contributed by atoms with Crippen molar-refractivity contribution in [1.82, 2.24) is 0 Å². The van der Waals surface area contributed by atoms with Crippen LogP contribution in [0.25, 0.3) is 0 Å². The molecule has 16 heavy (non-hydrogen) atoms. The second-order valence-corrected chi connectivity index (χ2v) is 3.45. The summed E-state index contributed by atoms with van der Waals surface area (Å²) in [5.41, 5.74) is 5.78. The topological polar surface area (TPSA) is 35.2 Å². The minimum atomic E-state index is -4.20. The standard InChI is InChI=1S/C10H11F4NO/c1-9(11,12)10(13,14)6-16-8-4-2-7(15)3-5-8/h2-5H,6,15H2,1H3. The van der Waals surface area contributed by atoms with Gasteiger partial charge in [-0.2, -0.15) is 8.78 Å². The van der Waals surface area contributed by atoms with Gasteiger partial charge >= 0.3 is 11.8 Å². The highest BCUT2D eigenvalue weighted by molar-refractivity contribution is 5.41. The number of halogens is 4. The molecule has 0 saturated carbocycles. The molecule has 2 nitrogen and oxygen atoms in total. The van der Waals surface area contributed by atoms with Gasteiger partial charge in [-0.05, 0) is 24.3 Å². The first kappa shape index (κ1) is 12.6. The maximum absolute atomic E-state index is 12.8. The van der Waals surface area contributed by atoms with Crippen LogP contribution in [0, 0.1) is 0 Å². The lowest BCUT2D eigenvalue weighted by Crippen LogP contribution is -2.42. The number of rotatable bonds is 4. The molecule has 90 valence electrons. The van der Waals surface area contributed by atoms with Gasteiger partial charge in [-0.3, -0.25) is 0 Å². The molecule has 1 aromatic rings. The Balaban J connectivity index is 2.61. The summed E-state index contributed by atoms with van der Waals surface area (Å²) in [5, 5.41) is 0. The van der Waals surface area contributed by atoms with Crippen LogP contribution in [0.2, 0.25) is 0 Å². The van der Waals surface area contributed by atoms with Crippen LogP contribution >= 0.6 is 0 Å². The van der Waals surface area contributed by atoms with E-state index in [2.05, 4.69) is 4.74 Å². The second kappa shape index (κ2) is 4.19. The van der Waals surface area contributed by atoms with E-state index in [0.29, 0.717) is 5.69 Å². The van der Waals surface area contributed by atoms with Crippen LogP contribution in [-0.2, 0) is 0 Å². The van der Waals surface area contributed by atoms with Gasteiger partial charge in [0.2, 0.25) is 0 Å². The summed E-state index contributed by atoms with van der Waals surface area (Å²) in [6, 6.07) is 5.52. The van der Waals surface area contributed by atoms with Crippen molar-refractivity contribution in [3.8, 4) is 5.75 Å². The molecule has 0 radical (unpaired) electrons. The SMILES string of the molecule is CC(F)(F)C(F)(F)COc1ccc(N)cc1. The number of alkyl halides is 4. The molecule has 0 aliphatic rings. The second-order valence-electron chi connectivity index (χ2n) is 3.45. The van der Waals surface area contributed by atoms with Crippen molar-refractivity contribution in [2.75, 3.05) is 12.3 Å². The summed E-state index contributed by atoms with van der Waals surface area (Å²) in [6.07, 6.45) is 0. The molecular formula is C10H11F4NO. The first-order valence-electron chi connectivity index (χ1n) is 4.46. The smallest absolute Gasteiger partial charge is 0.342 e. The predicted octanol–water partition coefficient (Wildman–Crippen LogP) is 2.94. The van der Waals surface area contributed by atoms with Gasteiger partial charge < -0.3 is 10.5 Å². The van der Waals surface area contributed by atoms with Gasteiger partial charge in [0, 0.05) is 12.6 Å². The molecule has 0 atom stereocenters. The average Bonchev–Trinajstić information content (AvgIpc) is 2.15. The van der Waals surface area contributed by atoms with E-state index in [1.54, 1.807) is 0 Å². The summed E-state index contributed by atoms with van der Waals surface area (Å²) in [7, 11) is 0. The van der Waals surface area contributed by atoms with Crippen LogP contribution in [0.1, 0.15) is 6.92 Å². The van der Waals surface area contributed by atoms with E-state index in [9.17, 15) is 17.6 Å². The highest BCUT2D eigenvalue weighted by atomic mass is 19.3. The van der Waals surface area contributed by atoms with Gasteiger partial charge in [-0.1, -0.05) is 0 Å². The van der Waals surface area contributed by atoms with Gasteiger partial charge in [-0.25, -0.2) is 8.78 Å². The molecule has 6 heteroatoms. The fourth-order valence-electron chi connectivity index (χ4n) is 0.865. The summed E-state index contributed by atoms with van der Waals surface area (Å²) >= 11 is 0. The van der Waals surface area contributed by atoms with E-state index in [-0.39, 0.29) is 12.7 Å². The van der Waals surface area contributed by atoms with E-state index in [4.69, 9.17) is 5.73 Å². The predicted molar refractivity (Wildman–Crippen MR) is 51.9 cm³/mol. The summed E-state index contributed by atoms with van der Waals surface area (Å²) in [5.74, 6) is -8.24. The van der Waals surface area contributed by atoms with Gasteiger partial charge in [0.05, 0.1) is 0 Å². The highest BCUT2D eigenvalue weighted by Crippen LogP contribution is 2.34. The fraction of sp³-hybridized carbons (Fsp3) is 0.400. The van der Waals surface area contributed by atoms with Crippen LogP contribution < -0.4 is 10.5 Å². The molecule has 0 aliphatic heterocycles. The Morgan fingerprint density at radius 2 is 1.62 bits per heavy atom. The lowest BCUT2D eigenvalue weighted by Gasteiger charge is -2.22. The Labute approximate surface area is 90.0 Å². The Bertz CT molecular complexity index is 345. The van der Waals surface area contributed by atoms with Gasteiger partial charge in [-0.15, -0.1) is 0 Å². The molecule has 0 aromatic heterocycles. The Hall–Kier alpha value is -1.46. The largest absolute Gasteiger partial charge is 0.487 e. The number of nitrogens with two attached hydrogens (primary N) is 1. The van der Waals surface area contributed by atoms with E-state index in [1.165, 1.54) is 24.3 Å². The quantitative estimate of drug-likeness (QED) is 0.645. The Morgan fingerprint density at radius 1 is 1.12 bits per heavy atom. The van der Waals surface area contributed by atoms with Crippen molar-refractivity contribution in [3.63, 3.8) is 0 Å². The zero-order valence-electron chi connectivity index (χ0n) is 8.51. The minimum Gasteiger partial charge on any atom is -0.487 e. The van der Waals surface area contributed by atoms with Crippen LogP contribution in [0.4, 0.5) is 23.2 Å². The third-order valence-corrected chi connectivity index (χ3v) is 1.94. The first-order valence-corrected chi connectivity index (χ1v) is 4.46. The summed E-state index contributed by atoms with van der Waals surface area (Å²) < 4.78 is 55.0. The zero-order chi connectivity index (χ0) is 12.4. The molecule has 0 aliphatic carbocycles. The van der Waals surface area contributed by atoms with Crippen LogP contribution in [0.3, 0.4) is 0 Å². The van der Waals surface area contributed by atoms with Gasteiger partial charge in [0.1, 0.15) is 5.75 Å². The van der Waals surface area contributed by atoms with Gasteiger partial charge in [0.15, 0.2) is 6.61 Å². The van der Waals surface area contributed by atoms with Crippen molar-refractivity contribution in [3.05, 3.63) is 24.3 Å². The fourth-order valence-corrected chi connectivity index (χ4v) is 0.865. The van der Waals surface area contributed by atoms with Crippen molar-refractivity contribution in [1.29, 1.82) is 0 Å². The maximum Gasteiger partial charge on any atom is 0.342 e. The first-order chi connectivity index (χ1) is 7.22. The van der Waals surface area contributed by atoms with E-state index < -0.39 is 18.5 Å². The molecule has 0 heterocycles. The van der Waals surface area contributed by atoms with Crippen molar-refractivity contribution < 1.29 is 22.3 Å². The minimum absolute atomic E-state index is 0.0677. The van der Waals surface area contributed by atoms with Crippen LogP contribution in [0.5, 0.6) is 5.75 Å². The number of benzene rings is 1. The molecular weight excluding hydrogens is 226 g/mol. The molecule has 2 N–H and O–H groups in total. The average molecular weight is 237 g/mol. The molecule has 1 aromatic carbocycles. The molecule has 0 spiro atoms. The summed E-state index contributed by atoms with van der Waals surface area (Å²) in [4.78, 5) is 0. The molecule has 1 rings (SSSR count). The number of nitrogen functional groups attached to an aromatic ring is 1. The number of hydrogen-bond acceptors (Lipinski definition) is 2. The van der Waals surface area contributed by atoms with E-state index >= 15 is 0 Å². The lowest BCUT2D eigenvalue weighted by atomic mass is 10.2. The van der Waals surface area contributed by atoms with Gasteiger partial charge in [0.25, 0.3) is 0 Å². The Kier molecular flexibility index (Phi) is 3.30. The maximum atomic E-state index is 12.8. The number of ether oxygens (including phenoxy) is 1. The molecule has 0 unspecified atom stereocenters. The van der Waals surface area contributed by atoms with E-state index in [0.717, 1.165) is 0 Å². The normalized spacial score (nSPS) is 12.6. The van der Waals surface area contributed by atoms with Crippen molar-refractivity contribution in [2.45, 2.75) is 18.8 Å². The van der Waals surface area contributed by atoms with Crippen LogP contribution in [-0.4, -0.2) is 18.5 Å². The lowest BCUT2D eigenvalue weighted by molar-refractivity contribution is -0.211. The monoisotopic (exact) mass is 237 g/mol. The molecule has 0 saturated heterocycles. The Morgan fingerprint density at radius 3 is 2.06 bits per heavy atom. The number of hydrogen-bond donors (Lipinski definition) is 1. The van der Waals surface area contributed by atoms with Crippen LogP contribution in [0.15, 0.2) is 24.3 Å². The zero-order valence-corrected chi connectivity index (χ0v) is 8.51. The molecule has 0 amide bonds. The highest BCUT2D eigenvalue weighted by Gasteiger charge is 2.52. The van der Waals surface area contributed by atoms with Crippen molar-refractivity contribution in [2.24, 2.45) is 0 Å². The number of anilines is 1. The third-order valence-electron chi connectivity index (χ3n) is 1.94.